The molecule has 2 amide bonds. The van der Waals surface area contributed by atoms with Crippen LogP contribution in [-0.4, -0.2) is 58.1 Å². The lowest BCUT2D eigenvalue weighted by atomic mass is 10.1. The van der Waals surface area contributed by atoms with E-state index in [0.29, 0.717) is 35.1 Å². The minimum absolute atomic E-state index is 0.103. The van der Waals surface area contributed by atoms with E-state index in [1.165, 1.54) is 17.2 Å². The Bertz CT molecular complexity index is 1500. The van der Waals surface area contributed by atoms with Crippen molar-refractivity contribution in [3.05, 3.63) is 107 Å². The normalized spacial score (nSPS) is 14.1. The van der Waals surface area contributed by atoms with E-state index in [1.54, 1.807) is 64.1 Å². The molecule has 1 aliphatic heterocycles. The third-order valence-electron chi connectivity index (χ3n) is 6.71. The maximum absolute atomic E-state index is 13.3. The lowest BCUT2D eigenvalue weighted by molar-refractivity contribution is -0.137. The van der Waals surface area contributed by atoms with E-state index in [1.807, 2.05) is 6.07 Å². The molecule has 3 aromatic carbocycles. The van der Waals surface area contributed by atoms with Gasteiger partial charge in [-0.1, -0.05) is 48.5 Å². The summed E-state index contributed by atoms with van der Waals surface area (Å²) in [6.07, 6.45) is -2.93. The summed E-state index contributed by atoms with van der Waals surface area (Å²) in [5.41, 5.74) is 1.07. The number of carbonyl (C=O) groups excluding carboxylic acids is 3. The number of carbonyl (C=O) groups is 3. The third-order valence-corrected chi connectivity index (χ3v) is 6.71. The molecule has 0 unspecified atom stereocenters. The quantitative estimate of drug-likeness (QED) is 0.279. The molecule has 0 saturated carbocycles. The van der Waals surface area contributed by atoms with Crippen LogP contribution in [0.15, 0.2) is 85.1 Å². The van der Waals surface area contributed by atoms with Gasteiger partial charge in [0.25, 0.3) is 17.6 Å². The highest BCUT2D eigenvalue weighted by molar-refractivity contribution is 6.44. The molecular formula is C29H24F3N3O3. The van der Waals surface area contributed by atoms with Crippen molar-refractivity contribution in [3.63, 3.8) is 0 Å². The van der Waals surface area contributed by atoms with Crippen LogP contribution in [0.25, 0.3) is 10.9 Å². The standard InChI is InChI=1S/C29H24F3N3O3/c30-29(31,32)22-10-6-7-20(17-22)18-35-19-24(23-11-4-5-12-25(23)35)26(36)28(38)34-15-13-33(14-16-34)27(37)21-8-2-1-3-9-21/h1-12,17,19H,13-16,18H2. The summed E-state index contributed by atoms with van der Waals surface area (Å²) in [5.74, 6) is -1.48. The second-order valence-electron chi connectivity index (χ2n) is 9.17. The molecule has 4 aromatic rings. The fraction of sp³-hybridized carbons (Fsp3) is 0.207. The molecule has 5 rings (SSSR count). The first-order chi connectivity index (χ1) is 18.2. The van der Waals surface area contributed by atoms with Crippen molar-refractivity contribution in [2.75, 3.05) is 26.2 Å². The number of benzene rings is 3. The maximum atomic E-state index is 13.3. The molecule has 9 heteroatoms. The molecule has 38 heavy (non-hydrogen) atoms. The molecule has 1 aromatic heterocycles. The molecule has 1 aliphatic rings. The van der Waals surface area contributed by atoms with Gasteiger partial charge in [0.1, 0.15) is 0 Å². The number of ketones is 1. The number of piperazine rings is 1. The third kappa shape index (κ3) is 5.04. The number of rotatable bonds is 5. The number of nitrogens with zero attached hydrogens (tertiary/aromatic N) is 3. The van der Waals surface area contributed by atoms with Gasteiger partial charge in [-0.25, -0.2) is 0 Å². The van der Waals surface area contributed by atoms with Gasteiger partial charge < -0.3 is 14.4 Å². The number of halogens is 3. The van der Waals surface area contributed by atoms with Gasteiger partial charge in [0, 0.05) is 55.4 Å². The van der Waals surface area contributed by atoms with Crippen LogP contribution in [-0.2, 0) is 17.5 Å². The summed E-state index contributed by atoms with van der Waals surface area (Å²) in [6, 6.07) is 20.9. The predicted octanol–water partition coefficient (Wildman–Crippen LogP) is 4.88. The van der Waals surface area contributed by atoms with Crippen LogP contribution in [0.2, 0.25) is 0 Å². The maximum Gasteiger partial charge on any atom is 0.416 e. The lowest BCUT2D eigenvalue weighted by Crippen LogP contribution is -2.52. The van der Waals surface area contributed by atoms with Crippen LogP contribution >= 0.6 is 0 Å². The molecule has 1 saturated heterocycles. The van der Waals surface area contributed by atoms with E-state index in [-0.39, 0.29) is 31.1 Å². The molecule has 0 atom stereocenters. The number of hydrogen-bond donors (Lipinski definition) is 0. The van der Waals surface area contributed by atoms with Gasteiger partial charge >= 0.3 is 6.18 Å². The largest absolute Gasteiger partial charge is 0.416 e. The summed E-state index contributed by atoms with van der Waals surface area (Å²) in [7, 11) is 0. The van der Waals surface area contributed by atoms with E-state index in [0.717, 1.165) is 12.1 Å². The summed E-state index contributed by atoms with van der Waals surface area (Å²) >= 11 is 0. The van der Waals surface area contributed by atoms with Crippen LogP contribution in [0.5, 0.6) is 0 Å². The average Bonchev–Trinajstić information content (AvgIpc) is 3.30. The van der Waals surface area contributed by atoms with Gasteiger partial charge in [-0.3, -0.25) is 14.4 Å². The predicted molar refractivity (Wildman–Crippen MR) is 136 cm³/mol. The minimum atomic E-state index is -4.46. The lowest BCUT2D eigenvalue weighted by Gasteiger charge is -2.34. The summed E-state index contributed by atoms with van der Waals surface area (Å²) in [6.45, 7) is 1.18. The molecule has 0 bridgehead atoms. The molecule has 1 fully saturated rings. The van der Waals surface area contributed by atoms with Crippen molar-refractivity contribution >= 4 is 28.5 Å². The van der Waals surface area contributed by atoms with Gasteiger partial charge in [-0.15, -0.1) is 0 Å². The van der Waals surface area contributed by atoms with E-state index in [2.05, 4.69) is 0 Å². The number of aromatic nitrogens is 1. The Hall–Kier alpha value is -4.40. The van der Waals surface area contributed by atoms with E-state index in [4.69, 9.17) is 0 Å². The monoisotopic (exact) mass is 519 g/mol. The van der Waals surface area contributed by atoms with E-state index in [9.17, 15) is 27.6 Å². The van der Waals surface area contributed by atoms with Crippen molar-refractivity contribution in [2.45, 2.75) is 12.7 Å². The van der Waals surface area contributed by atoms with Gasteiger partial charge in [0.15, 0.2) is 0 Å². The molecule has 2 heterocycles. The number of hydrogen-bond acceptors (Lipinski definition) is 3. The summed E-state index contributed by atoms with van der Waals surface area (Å²) < 4.78 is 41.2. The second-order valence-corrected chi connectivity index (χ2v) is 9.17. The number of para-hydroxylation sites is 1. The minimum Gasteiger partial charge on any atom is -0.342 e. The summed E-state index contributed by atoms with van der Waals surface area (Å²) in [4.78, 5) is 42.3. The Balaban J connectivity index is 1.33. The number of alkyl halides is 3. The molecule has 0 N–H and O–H groups in total. The van der Waals surface area contributed by atoms with Crippen molar-refractivity contribution in [1.82, 2.24) is 14.4 Å². The SMILES string of the molecule is O=C(C(=O)N1CCN(C(=O)c2ccccc2)CC1)c1cn(Cc2cccc(C(F)(F)F)c2)c2ccccc12. The Morgan fingerprint density at radius 3 is 2.13 bits per heavy atom. The van der Waals surface area contributed by atoms with Gasteiger partial charge in [-0.2, -0.15) is 13.2 Å². The van der Waals surface area contributed by atoms with Gasteiger partial charge in [-0.05, 0) is 35.9 Å². The Morgan fingerprint density at radius 2 is 1.42 bits per heavy atom. The van der Waals surface area contributed by atoms with Gasteiger partial charge in [0.2, 0.25) is 0 Å². The first-order valence-corrected chi connectivity index (χ1v) is 12.1. The fourth-order valence-electron chi connectivity index (χ4n) is 4.74. The van der Waals surface area contributed by atoms with Crippen LogP contribution in [0.3, 0.4) is 0 Å². The Morgan fingerprint density at radius 1 is 0.763 bits per heavy atom. The topological polar surface area (TPSA) is 62.6 Å². The van der Waals surface area contributed by atoms with Gasteiger partial charge in [0.05, 0.1) is 11.1 Å². The van der Waals surface area contributed by atoms with Crippen LogP contribution in [0.1, 0.15) is 31.8 Å². The molecule has 194 valence electrons. The highest BCUT2D eigenvalue weighted by Crippen LogP contribution is 2.30. The van der Waals surface area contributed by atoms with Crippen LogP contribution in [0, 0.1) is 0 Å². The van der Waals surface area contributed by atoms with Crippen molar-refractivity contribution in [3.8, 4) is 0 Å². The smallest absolute Gasteiger partial charge is 0.342 e. The van der Waals surface area contributed by atoms with E-state index >= 15 is 0 Å². The molecule has 0 aliphatic carbocycles. The Labute approximate surface area is 216 Å². The van der Waals surface area contributed by atoms with Crippen molar-refractivity contribution in [2.24, 2.45) is 0 Å². The number of amides is 2. The molecular weight excluding hydrogens is 495 g/mol. The zero-order valence-corrected chi connectivity index (χ0v) is 20.3. The van der Waals surface area contributed by atoms with Crippen molar-refractivity contribution in [1.29, 1.82) is 0 Å². The fourth-order valence-corrected chi connectivity index (χ4v) is 4.74. The first kappa shape index (κ1) is 25.3. The number of fused-ring (bicyclic) bond motifs is 1. The van der Waals surface area contributed by atoms with E-state index < -0.39 is 23.4 Å². The zero-order chi connectivity index (χ0) is 26.9. The average molecular weight is 520 g/mol. The Kier molecular flexibility index (Phi) is 6.75. The number of Topliss-reactive ketones (excluding diaryl/α,β-unsaturated/α-hetero) is 1. The van der Waals surface area contributed by atoms with Crippen LogP contribution < -0.4 is 0 Å². The molecule has 0 spiro atoms. The summed E-state index contributed by atoms with van der Waals surface area (Å²) in [5, 5.41) is 0.552. The highest BCUT2D eigenvalue weighted by Gasteiger charge is 2.32. The highest BCUT2D eigenvalue weighted by atomic mass is 19.4. The van der Waals surface area contributed by atoms with Crippen LogP contribution in [0.4, 0.5) is 13.2 Å². The zero-order valence-electron chi connectivity index (χ0n) is 20.3. The second kappa shape index (κ2) is 10.2. The molecule has 6 nitrogen and oxygen atoms in total. The van der Waals surface area contributed by atoms with Crippen molar-refractivity contribution < 1.29 is 27.6 Å². The first-order valence-electron chi connectivity index (χ1n) is 12.1. The molecule has 0 radical (unpaired) electrons.